The van der Waals surface area contributed by atoms with Crippen LogP contribution in [0.5, 0.6) is 0 Å². The van der Waals surface area contributed by atoms with Gasteiger partial charge in [0.2, 0.25) is 0 Å². The Balaban J connectivity index is 2.54. The van der Waals surface area contributed by atoms with Crippen LogP contribution in [-0.2, 0) is 0 Å². The van der Waals surface area contributed by atoms with Crippen LogP contribution in [0.4, 0.5) is 0 Å². The second kappa shape index (κ2) is 2.26. The maximum Gasteiger partial charge on any atom is 0.536 e. The minimum absolute atomic E-state index is 1.59. The summed E-state index contributed by atoms with van der Waals surface area (Å²) >= 11 is 0. The second-order valence-electron chi connectivity index (χ2n) is 0.540. The van der Waals surface area contributed by atoms with E-state index in [1.54, 1.807) is 5.14 Å². The van der Waals surface area contributed by atoms with Gasteiger partial charge in [-0.3, -0.25) is 0 Å². The predicted molar refractivity (Wildman–Crippen MR) is 19.1 cm³/mol. The van der Waals surface area contributed by atoms with Crippen molar-refractivity contribution in [1.82, 2.24) is 5.14 Å². The molecule has 0 heterocycles. The van der Waals surface area contributed by atoms with E-state index in [-0.39, 0.29) is 0 Å². The fourth-order valence-corrected chi connectivity index (χ4v) is 0. The Hall–Kier alpha value is 0.00987. The Bertz CT molecular complexity index is 21.6. The largest absolute Gasteiger partial charge is 0.536 e. The van der Waals surface area contributed by atoms with Gasteiger partial charge in [-0.2, -0.15) is 0 Å². The van der Waals surface area contributed by atoms with E-state index in [0.717, 1.165) is 0 Å². The number of hydrogen-bond donors (Lipinski definition) is 3. The van der Waals surface area contributed by atoms with Crippen LogP contribution < -0.4 is 5.14 Å². The monoisotopic (exact) mass is 71.0 g/mol. The van der Waals surface area contributed by atoms with Gasteiger partial charge >= 0.3 is 7.25 Å². The van der Waals surface area contributed by atoms with Crippen molar-refractivity contribution < 1.29 is 10.0 Å². The number of hydrogen-bond acceptors (Lipinski definition) is 3. The SMILES string of the molecule is [B]NB(O)O. The highest BCUT2D eigenvalue weighted by atomic mass is 16.4. The fraction of sp³-hybridized carbons (Fsp3) is 0. The number of rotatable bonds is 1. The van der Waals surface area contributed by atoms with E-state index in [1.165, 1.54) is 0 Å². The van der Waals surface area contributed by atoms with Crippen LogP contribution in [0.2, 0.25) is 0 Å². The van der Waals surface area contributed by atoms with Gasteiger partial charge in [-0.25, -0.2) is 0 Å². The lowest BCUT2D eigenvalue weighted by Gasteiger charge is -1.85. The van der Waals surface area contributed by atoms with Crippen LogP contribution in [-0.4, -0.2) is 25.3 Å². The summed E-state index contributed by atoms with van der Waals surface area (Å²) < 4.78 is 0. The lowest BCUT2D eigenvalue weighted by molar-refractivity contribution is 0.402. The van der Waals surface area contributed by atoms with Gasteiger partial charge in [-0.1, -0.05) is 0 Å². The summed E-state index contributed by atoms with van der Waals surface area (Å²) in [4.78, 5) is 0. The first-order chi connectivity index (χ1) is 2.27. The van der Waals surface area contributed by atoms with Crippen LogP contribution in [0.25, 0.3) is 0 Å². The van der Waals surface area contributed by atoms with Crippen molar-refractivity contribution in [1.29, 1.82) is 0 Å². The minimum atomic E-state index is -1.59. The molecule has 5 heavy (non-hydrogen) atoms. The summed E-state index contributed by atoms with van der Waals surface area (Å²) in [7, 11) is 2.83. The Morgan fingerprint density at radius 3 is 1.80 bits per heavy atom. The molecule has 3 N–H and O–H groups in total. The average Bonchev–Trinajstić information content (AvgIpc) is 1.38. The first-order valence-corrected chi connectivity index (χ1v) is 1.09. The van der Waals surface area contributed by atoms with Gasteiger partial charge in [0.1, 0.15) is 0 Å². The van der Waals surface area contributed by atoms with Gasteiger partial charge in [0.15, 0.2) is 7.98 Å². The van der Waals surface area contributed by atoms with Gasteiger partial charge in [0.05, 0.1) is 0 Å². The fourth-order valence-electron chi connectivity index (χ4n) is 0. The molecule has 0 aromatic rings. The van der Waals surface area contributed by atoms with E-state index >= 15 is 0 Å². The molecule has 0 fully saturated rings. The highest BCUT2D eigenvalue weighted by molar-refractivity contribution is 6.46. The smallest absolute Gasteiger partial charge is 0.414 e. The zero-order chi connectivity index (χ0) is 4.28. The van der Waals surface area contributed by atoms with Gasteiger partial charge in [-0.05, 0) is 0 Å². The summed E-state index contributed by atoms with van der Waals surface area (Å²) in [6.07, 6.45) is 0. The summed E-state index contributed by atoms with van der Waals surface area (Å²) in [6, 6.07) is 0. The summed E-state index contributed by atoms with van der Waals surface area (Å²) in [5.41, 5.74) is 0. The Morgan fingerprint density at radius 2 is 1.80 bits per heavy atom. The molecule has 0 spiro atoms. The summed E-state index contributed by atoms with van der Waals surface area (Å²) in [6.45, 7) is 0. The van der Waals surface area contributed by atoms with Crippen LogP contribution in [0.1, 0.15) is 0 Å². The third kappa shape index (κ3) is 4.01. The highest BCUT2D eigenvalue weighted by Gasteiger charge is 1.95. The summed E-state index contributed by atoms with van der Waals surface area (Å²) in [5, 5.41) is 17.0. The molecule has 0 unspecified atom stereocenters. The molecule has 0 amide bonds. The van der Waals surface area contributed by atoms with E-state index in [0.29, 0.717) is 0 Å². The first kappa shape index (κ1) is 5.01. The molecular weight excluding hydrogens is 67.6 g/mol. The van der Waals surface area contributed by atoms with Gasteiger partial charge in [-0.15, -0.1) is 0 Å². The van der Waals surface area contributed by atoms with Crippen LogP contribution in [0, 0.1) is 0 Å². The van der Waals surface area contributed by atoms with Crippen molar-refractivity contribution in [2.45, 2.75) is 0 Å². The van der Waals surface area contributed by atoms with Crippen molar-refractivity contribution in [3.63, 3.8) is 0 Å². The molecule has 0 bridgehead atoms. The molecule has 3 nitrogen and oxygen atoms in total. The van der Waals surface area contributed by atoms with Crippen LogP contribution in [0.3, 0.4) is 0 Å². The van der Waals surface area contributed by atoms with E-state index in [4.69, 9.17) is 10.0 Å². The molecule has 0 aliphatic heterocycles. The first-order valence-electron chi connectivity index (χ1n) is 1.09. The lowest BCUT2D eigenvalue weighted by Crippen LogP contribution is -2.30. The van der Waals surface area contributed by atoms with E-state index in [1.807, 2.05) is 0 Å². The molecule has 5 heteroatoms. The lowest BCUT2D eigenvalue weighted by atomic mass is 10.1. The van der Waals surface area contributed by atoms with Crippen molar-refractivity contribution in [3.8, 4) is 0 Å². The molecule has 2 radical (unpaired) electrons. The Morgan fingerprint density at radius 1 is 1.60 bits per heavy atom. The minimum Gasteiger partial charge on any atom is -0.414 e. The summed E-state index contributed by atoms with van der Waals surface area (Å²) in [5.74, 6) is 0. The van der Waals surface area contributed by atoms with Gasteiger partial charge in [0, 0.05) is 0 Å². The predicted octanol–water partition coefficient (Wildman–Crippen LogP) is -2.37. The zero-order valence-electron chi connectivity index (χ0n) is 2.55. The van der Waals surface area contributed by atoms with E-state index in [9.17, 15) is 0 Å². The molecule has 26 valence electrons. The average molecular weight is 70.7 g/mol. The maximum absolute atomic E-state index is 7.68. The zero-order valence-corrected chi connectivity index (χ0v) is 2.55. The standard InChI is InChI=1S/B2H3NO2/c1-3-2(4)5/h3-5H. The second-order valence-corrected chi connectivity index (χ2v) is 0.540. The molecule has 0 aliphatic rings. The quantitative estimate of drug-likeness (QED) is 0.302. The molecule has 0 saturated heterocycles. The normalized spacial score (nSPS) is 7.60. The molecule has 0 aromatic carbocycles. The topological polar surface area (TPSA) is 52.5 Å². The van der Waals surface area contributed by atoms with E-state index in [2.05, 4.69) is 7.98 Å². The highest BCUT2D eigenvalue weighted by Crippen LogP contribution is 1.42. The van der Waals surface area contributed by atoms with Gasteiger partial charge < -0.3 is 15.2 Å². The van der Waals surface area contributed by atoms with Gasteiger partial charge in [0.25, 0.3) is 0 Å². The molecule has 0 rings (SSSR count). The number of nitrogens with one attached hydrogen (secondary N) is 1. The molecular formula is H3B2NO2. The van der Waals surface area contributed by atoms with Crippen LogP contribution in [0.15, 0.2) is 0 Å². The van der Waals surface area contributed by atoms with Crippen molar-refractivity contribution >= 4 is 15.2 Å². The molecule has 0 saturated carbocycles. The third-order valence-electron chi connectivity index (χ3n) is 0.149. The van der Waals surface area contributed by atoms with Crippen molar-refractivity contribution in [3.05, 3.63) is 0 Å². The van der Waals surface area contributed by atoms with E-state index < -0.39 is 7.25 Å². The third-order valence-corrected chi connectivity index (χ3v) is 0.149. The molecule has 0 atom stereocenters. The Kier molecular flexibility index (Phi) is 2.26. The maximum atomic E-state index is 7.68. The Labute approximate surface area is 31.6 Å². The van der Waals surface area contributed by atoms with Crippen molar-refractivity contribution in [2.75, 3.05) is 0 Å². The molecule has 0 aromatic heterocycles. The van der Waals surface area contributed by atoms with Crippen molar-refractivity contribution in [2.24, 2.45) is 0 Å². The van der Waals surface area contributed by atoms with Crippen LogP contribution >= 0.6 is 0 Å². The molecule has 0 aliphatic carbocycles.